The number of hydrogen-bond donors (Lipinski definition) is 2. The molecule has 1 heterocycles. The maximum atomic E-state index is 11.8. The van der Waals surface area contributed by atoms with E-state index < -0.39 is 18.0 Å². The predicted octanol–water partition coefficient (Wildman–Crippen LogP) is 1.21. The van der Waals surface area contributed by atoms with E-state index in [4.69, 9.17) is 15.9 Å². The average molecular weight is 264 g/mol. The van der Waals surface area contributed by atoms with Crippen molar-refractivity contribution >= 4 is 12.0 Å². The van der Waals surface area contributed by atoms with Crippen LogP contribution >= 0.6 is 0 Å². The third-order valence-electron chi connectivity index (χ3n) is 2.45. The van der Waals surface area contributed by atoms with Gasteiger partial charge in [-0.25, -0.2) is 9.59 Å². The predicted molar refractivity (Wildman–Crippen MR) is 68.3 cm³/mol. The van der Waals surface area contributed by atoms with Gasteiger partial charge in [-0.15, -0.1) is 12.3 Å². The molecule has 0 saturated carbocycles. The molecule has 2 amide bonds. The van der Waals surface area contributed by atoms with Gasteiger partial charge in [0, 0.05) is 13.5 Å². The largest absolute Gasteiger partial charge is 0.480 e. The van der Waals surface area contributed by atoms with Gasteiger partial charge in [0.05, 0.1) is 6.54 Å². The third kappa shape index (κ3) is 4.39. The molecule has 0 saturated heterocycles. The van der Waals surface area contributed by atoms with Gasteiger partial charge in [-0.3, -0.25) is 0 Å². The van der Waals surface area contributed by atoms with Crippen molar-refractivity contribution in [2.75, 3.05) is 7.05 Å². The Morgan fingerprint density at radius 1 is 1.58 bits per heavy atom. The number of carboxylic acids is 1. The normalized spacial score (nSPS) is 11.4. The molecule has 0 aliphatic heterocycles. The van der Waals surface area contributed by atoms with E-state index in [1.165, 1.54) is 4.90 Å². The Labute approximate surface area is 111 Å². The molecule has 6 heteroatoms. The molecule has 1 unspecified atom stereocenters. The molecule has 1 aromatic rings. The van der Waals surface area contributed by atoms with Crippen LogP contribution < -0.4 is 5.32 Å². The summed E-state index contributed by atoms with van der Waals surface area (Å²) in [4.78, 5) is 24.0. The molecule has 1 atom stereocenters. The van der Waals surface area contributed by atoms with Crippen molar-refractivity contribution in [3.05, 3.63) is 23.7 Å². The number of aryl methyl sites for hydroxylation is 1. The molecule has 6 nitrogen and oxygen atoms in total. The molecule has 102 valence electrons. The van der Waals surface area contributed by atoms with Crippen molar-refractivity contribution in [3.63, 3.8) is 0 Å². The van der Waals surface area contributed by atoms with Gasteiger partial charge in [-0.2, -0.15) is 0 Å². The summed E-state index contributed by atoms with van der Waals surface area (Å²) in [5.41, 5.74) is 0. The summed E-state index contributed by atoms with van der Waals surface area (Å²) in [6.07, 6.45) is 4.99. The number of nitrogens with one attached hydrogen (secondary N) is 1. The second-order valence-corrected chi connectivity index (χ2v) is 4.12. The zero-order chi connectivity index (χ0) is 14.4. The molecule has 0 radical (unpaired) electrons. The third-order valence-corrected chi connectivity index (χ3v) is 2.45. The van der Waals surface area contributed by atoms with E-state index in [0.29, 0.717) is 5.76 Å². The smallest absolute Gasteiger partial charge is 0.327 e. The van der Waals surface area contributed by atoms with Crippen LogP contribution in [0.3, 0.4) is 0 Å². The van der Waals surface area contributed by atoms with Crippen LogP contribution in [0, 0.1) is 19.3 Å². The second kappa shape index (κ2) is 6.50. The van der Waals surface area contributed by atoms with Crippen LogP contribution in [-0.2, 0) is 11.3 Å². The molecule has 0 aliphatic rings. The number of furan rings is 1. The number of aliphatic carboxylic acids is 1. The fraction of sp³-hybridized carbons (Fsp3) is 0.385. The van der Waals surface area contributed by atoms with Crippen molar-refractivity contribution < 1.29 is 19.1 Å². The second-order valence-electron chi connectivity index (χ2n) is 4.12. The number of urea groups is 1. The highest BCUT2D eigenvalue weighted by Crippen LogP contribution is 2.08. The van der Waals surface area contributed by atoms with Crippen molar-refractivity contribution in [2.24, 2.45) is 0 Å². The Kier molecular flexibility index (Phi) is 5.01. The molecule has 0 aliphatic carbocycles. The van der Waals surface area contributed by atoms with E-state index in [1.807, 2.05) is 0 Å². The Hall–Kier alpha value is -2.42. The molecule has 19 heavy (non-hydrogen) atoms. The molecule has 1 aromatic heterocycles. The van der Waals surface area contributed by atoms with Crippen LogP contribution in [0.2, 0.25) is 0 Å². The van der Waals surface area contributed by atoms with Crippen LogP contribution in [0.15, 0.2) is 16.5 Å². The number of hydrogen-bond acceptors (Lipinski definition) is 3. The lowest BCUT2D eigenvalue weighted by Crippen LogP contribution is -2.46. The standard InChI is InChI=1S/C13H16N2O4/c1-4-5-11(12(16)17)14-13(18)15(3)8-10-7-6-9(2)19-10/h1,6-7,11H,5,8H2,2-3H3,(H,14,18)(H,16,17). The molecule has 0 fully saturated rings. The molecule has 2 N–H and O–H groups in total. The number of carboxylic acid groups (broad SMARTS) is 1. The summed E-state index contributed by atoms with van der Waals surface area (Å²) in [7, 11) is 1.54. The minimum Gasteiger partial charge on any atom is -0.480 e. The first-order chi connectivity index (χ1) is 8.93. The minimum atomic E-state index is -1.16. The monoisotopic (exact) mass is 264 g/mol. The van der Waals surface area contributed by atoms with Crippen molar-refractivity contribution in [1.82, 2.24) is 10.2 Å². The highest BCUT2D eigenvalue weighted by atomic mass is 16.4. The van der Waals surface area contributed by atoms with E-state index in [9.17, 15) is 9.59 Å². The topological polar surface area (TPSA) is 82.8 Å². The summed E-state index contributed by atoms with van der Waals surface area (Å²) < 4.78 is 5.33. The van der Waals surface area contributed by atoms with E-state index in [1.54, 1.807) is 26.1 Å². The summed E-state index contributed by atoms with van der Waals surface area (Å²) in [6.45, 7) is 2.05. The number of terminal acetylenes is 1. The summed E-state index contributed by atoms with van der Waals surface area (Å²) in [5.74, 6) is 2.43. The van der Waals surface area contributed by atoms with Gasteiger partial charge in [0.2, 0.25) is 0 Å². The zero-order valence-corrected chi connectivity index (χ0v) is 10.8. The molecule has 0 aromatic carbocycles. The van der Waals surface area contributed by atoms with Gasteiger partial charge < -0.3 is 19.7 Å². The maximum Gasteiger partial charge on any atom is 0.327 e. The molecule has 0 bridgehead atoms. The van der Waals surface area contributed by atoms with Gasteiger partial charge in [-0.1, -0.05) is 0 Å². The van der Waals surface area contributed by atoms with Gasteiger partial charge in [0.1, 0.15) is 17.6 Å². The number of nitrogens with zero attached hydrogens (tertiary/aromatic N) is 1. The number of carbonyl (C=O) groups is 2. The fourth-order valence-corrected chi connectivity index (χ4v) is 1.45. The first kappa shape index (κ1) is 14.6. The Balaban J connectivity index is 2.57. The maximum absolute atomic E-state index is 11.8. The van der Waals surface area contributed by atoms with E-state index >= 15 is 0 Å². The highest BCUT2D eigenvalue weighted by molar-refractivity contribution is 5.82. The Bertz CT molecular complexity index is 501. The van der Waals surface area contributed by atoms with Gasteiger partial charge in [-0.05, 0) is 19.1 Å². The highest BCUT2D eigenvalue weighted by Gasteiger charge is 2.21. The summed E-state index contributed by atoms with van der Waals surface area (Å²) in [6, 6.07) is 1.95. The van der Waals surface area contributed by atoms with E-state index in [2.05, 4.69) is 11.2 Å². The minimum absolute atomic E-state index is 0.0607. The number of carbonyl (C=O) groups excluding carboxylic acids is 1. The van der Waals surface area contributed by atoms with Crippen LogP contribution in [0.25, 0.3) is 0 Å². The van der Waals surface area contributed by atoms with Gasteiger partial charge in [0.15, 0.2) is 0 Å². The van der Waals surface area contributed by atoms with Crippen LogP contribution in [0.5, 0.6) is 0 Å². The Morgan fingerprint density at radius 3 is 2.74 bits per heavy atom. The van der Waals surface area contributed by atoms with Crippen molar-refractivity contribution in [1.29, 1.82) is 0 Å². The number of rotatable bonds is 5. The number of amides is 2. The fourth-order valence-electron chi connectivity index (χ4n) is 1.45. The van der Waals surface area contributed by atoms with Crippen molar-refractivity contribution in [2.45, 2.75) is 25.9 Å². The molecular formula is C13H16N2O4. The van der Waals surface area contributed by atoms with E-state index in [0.717, 1.165) is 5.76 Å². The SMILES string of the molecule is C#CCC(NC(=O)N(C)Cc1ccc(C)o1)C(=O)O. The molecular weight excluding hydrogens is 248 g/mol. The summed E-state index contributed by atoms with van der Waals surface area (Å²) in [5, 5.41) is 11.2. The lowest BCUT2D eigenvalue weighted by molar-refractivity contribution is -0.139. The van der Waals surface area contributed by atoms with Gasteiger partial charge in [0.25, 0.3) is 0 Å². The van der Waals surface area contributed by atoms with Gasteiger partial charge >= 0.3 is 12.0 Å². The van der Waals surface area contributed by atoms with E-state index in [-0.39, 0.29) is 13.0 Å². The molecule has 1 rings (SSSR count). The molecule has 0 spiro atoms. The lowest BCUT2D eigenvalue weighted by atomic mass is 10.2. The average Bonchev–Trinajstić information content (AvgIpc) is 2.73. The lowest BCUT2D eigenvalue weighted by Gasteiger charge is -2.19. The van der Waals surface area contributed by atoms with Crippen LogP contribution in [0.1, 0.15) is 17.9 Å². The van der Waals surface area contributed by atoms with Crippen molar-refractivity contribution in [3.8, 4) is 12.3 Å². The summed E-state index contributed by atoms with van der Waals surface area (Å²) >= 11 is 0. The van der Waals surface area contributed by atoms with Crippen LogP contribution in [-0.4, -0.2) is 35.1 Å². The van der Waals surface area contributed by atoms with Crippen LogP contribution in [0.4, 0.5) is 4.79 Å². The zero-order valence-electron chi connectivity index (χ0n) is 10.8. The first-order valence-corrected chi connectivity index (χ1v) is 5.67. The Morgan fingerprint density at radius 2 is 2.26 bits per heavy atom. The first-order valence-electron chi connectivity index (χ1n) is 5.67. The quantitative estimate of drug-likeness (QED) is 0.783.